The molecule has 0 saturated heterocycles. The van der Waals surface area contributed by atoms with Gasteiger partial charge in [0.05, 0.1) is 22.3 Å². The molecule has 0 aliphatic heterocycles. The number of aromatic nitrogens is 4. The Labute approximate surface area is 190 Å². The third-order valence-electron chi connectivity index (χ3n) is 5.04. The van der Waals surface area contributed by atoms with Crippen LogP contribution in [0.5, 0.6) is 0 Å². The Hall–Kier alpha value is -3.13. The lowest BCUT2D eigenvalue weighted by molar-refractivity contribution is -0.119. The molecule has 7 nitrogen and oxygen atoms in total. The first-order valence-corrected chi connectivity index (χ1v) is 11.6. The molecular weight excluding hydrogens is 422 g/mol. The van der Waals surface area contributed by atoms with E-state index in [9.17, 15) is 9.59 Å². The number of fused-ring (bicyclic) bond motifs is 3. The van der Waals surface area contributed by atoms with Gasteiger partial charge in [0.2, 0.25) is 11.7 Å². The minimum Gasteiger partial charge on any atom is -0.351 e. The maximum atomic E-state index is 13.6. The van der Waals surface area contributed by atoms with Crippen molar-refractivity contribution in [2.45, 2.75) is 51.2 Å². The topological polar surface area (TPSA) is 81.3 Å². The lowest BCUT2D eigenvalue weighted by Gasteiger charge is -2.20. The molecule has 32 heavy (non-hydrogen) atoms. The van der Waals surface area contributed by atoms with Gasteiger partial charge in [0, 0.05) is 5.54 Å². The minimum atomic E-state index is -0.307. The van der Waals surface area contributed by atoms with Crippen LogP contribution in [-0.4, -0.2) is 36.4 Å². The number of nitrogens with zero attached hydrogens (tertiary/aromatic N) is 4. The molecular formula is C24H27N5O2S. The first-order valence-electron chi connectivity index (χ1n) is 10.6. The predicted octanol–water partition coefficient (Wildman–Crippen LogP) is 4.16. The van der Waals surface area contributed by atoms with Gasteiger partial charge in [-0.1, -0.05) is 55.9 Å². The van der Waals surface area contributed by atoms with Gasteiger partial charge >= 0.3 is 0 Å². The van der Waals surface area contributed by atoms with Crippen LogP contribution in [0.4, 0.5) is 0 Å². The van der Waals surface area contributed by atoms with Gasteiger partial charge in [0.15, 0.2) is 5.16 Å². The number of rotatable bonds is 5. The average Bonchev–Trinajstić information content (AvgIpc) is 3.15. The summed E-state index contributed by atoms with van der Waals surface area (Å²) in [5, 5.41) is 12.8. The highest BCUT2D eigenvalue weighted by Gasteiger charge is 2.21. The van der Waals surface area contributed by atoms with Gasteiger partial charge in [-0.25, -0.2) is 4.57 Å². The number of benzene rings is 2. The van der Waals surface area contributed by atoms with E-state index in [4.69, 9.17) is 0 Å². The lowest BCUT2D eigenvalue weighted by atomic mass is 10.0. The summed E-state index contributed by atoms with van der Waals surface area (Å²) in [5.74, 6) is 0.777. The summed E-state index contributed by atoms with van der Waals surface area (Å²) in [5.41, 5.74) is 2.11. The largest absolute Gasteiger partial charge is 0.351 e. The second kappa shape index (κ2) is 8.43. The molecule has 8 heteroatoms. The molecule has 166 valence electrons. The highest BCUT2D eigenvalue weighted by atomic mass is 32.2. The maximum absolute atomic E-state index is 13.6. The molecule has 0 spiro atoms. The highest BCUT2D eigenvalue weighted by Crippen LogP contribution is 2.27. The monoisotopic (exact) mass is 449 g/mol. The second-order valence-electron chi connectivity index (χ2n) is 9.08. The van der Waals surface area contributed by atoms with Crippen molar-refractivity contribution in [3.05, 3.63) is 64.4 Å². The van der Waals surface area contributed by atoms with Crippen molar-refractivity contribution < 1.29 is 4.79 Å². The van der Waals surface area contributed by atoms with E-state index in [0.29, 0.717) is 16.3 Å². The lowest BCUT2D eigenvalue weighted by Crippen LogP contribution is -2.41. The van der Waals surface area contributed by atoms with Crippen molar-refractivity contribution >= 4 is 34.3 Å². The molecule has 0 atom stereocenters. The third kappa shape index (κ3) is 4.14. The first-order chi connectivity index (χ1) is 15.2. The SMILES string of the molecule is CC(C)c1ccccc1-n1c(=O)c2ccccc2n2c(SCC(=O)NC(C)(C)C)nnc12. The highest BCUT2D eigenvalue weighted by molar-refractivity contribution is 7.99. The molecule has 4 aromatic rings. The van der Waals surface area contributed by atoms with Gasteiger partial charge in [-0.2, -0.15) is 0 Å². The van der Waals surface area contributed by atoms with Crippen LogP contribution in [0.1, 0.15) is 46.1 Å². The molecule has 2 heterocycles. The molecule has 2 aromatic heterocycles. The van der Waals surface area contributed by atoms with Crippen molar-refractivity contribution in [2.24, 2.45) is 0 Å². The van der Waals surface area contributed by atoms with E-state index in [1.807, 2.05) is 73.7 Å². The van der Waals surface area contributed by atoms with E-state index in [0.717, 1.165) is 16.8 Å². The van der Waals surface area contributed by atoms with Crippen LogP contribution in [0.15, 0.2) is 58.5 Å². The van der Waals surface area contributed by atoms with Crippen LogP contribution in [-0.2, 0) is 4.79 Å². The number of para-hydroxylation sites is 2. The van der Waals surface area contributed by atoms with Crippen molar-refractivity contribution in [3.63, 3.8) is 0 Å². The van der Waals surface area contributed by atoms with Crippen LogP contribution < -0.4 is 10.9 Å². The number of carbonyl (C=O) groups excluding carboxylic acids is 1. The molecule has 0 radical (unpaired) electrons. The minimum absolute atomic E-state index is 0.0815. The summed E-state index contributed by atoms with van der Waals surface area (Å²) in [4.78, 5) is 25.9. The standard InChI is InChI=1S/C24H27N5O2S/c1-15(2)16-10-6-8-12-18(16)28-21(31)17-11-7-9-13-19(17)29-22(28)26-27-23(29)32-14-20(30)25-24(3,4)5/h6-13,15H,14H2,1-5H3,(H,25,30). The zero-order valence-corrected chi connectivity index (χ0v) is 19.7. The Kier molecular flexibility index (Phi) is 5.81. The van der Waals surface area contributed by atoms with Gasteiger partial charge < -0.3 is 5.32 Å². The number of nitrogens with one attached hydrogen (secondary N) is 1. The first kappa shape index (κ1) is 22.1. The second-order valence-corrected chi connectivity index (χ2v) is 10.0. The molecule has 0 unspecified atom stereocenters. The zero-order chi connectivity index (χ0) is 23.0. The zero-order valence-electron chi connectivity index (χ0n) is 18.9. The average molecular weight is 450 g/mol. The van der Waals surface area contributed by atoms with Crippen molar-refractivity contribution in [3.8, 4) is 5.69 Å². The Morgan fingerprint density at radius 1 is 1.06 bits per heavy atom. The van der Waals surface area contributed by atoms with E-state index in [1.54, 1.807) is 4.57 Å². The summed E-state index contributed by atoms with van der Waals surface area (Å²) in [6.07, 6.45) is 0. The molecule has 0 aliphatic carbocycles. The number of amides is 1. The van der Waals surface area contributed by atoms with Gasteiger partial charge in [-0.15, -0.1) is 10.2 Å². The van der Waals surface area contributed by atoms with E-state index >= 15 is 0 Å². The van der Waals surface area contributed by atoms with E-state index < -0.39 is 0 Å². The fourth-order valence-corrected chi connectivity index (χ4v) is 4.49. The van der Waals surface area contributed by atoms with E-state index in [1.165, 1.54) is 11.8 Å². The molecule has 0 bridgehead atoms. The van der Waals surface area contributed by atoms with Crippen LogP contribution in [0.2, 0.25) is 0 Å². The van der Waals surface area contributed by atoms with E-state index in [-0.39, 0.29) is 28.7 Å². The predicted molar refractivity (Wildman–Crippen MR) is 129 cm³/mol. The van der Waals surface area contributed by atoms with Crippen LogP contribution in [0, 0.1) is 0 Å². The van der Waals surface area contributed by atoms with Crippen LogP contribution in [0.3, 0.4) is 0 Å². The summed E-state index contributed by atoms with van der Waals surface area (Å²) >= 11 is 1.30. The number of hydrogen-bond donors (Lipinski definition) is 1. The Morgan fingerprint density at radius 3 is 2.47 bits per heavy atom. The molecule has 1 N–H and O–H groups in total. The quantitative estimate of drug-likeness (QED) is 0.463. The van der Waals surface area contributed by atoms with Crippen LogP contribution >= 0.6 is 11.8 Å². The third-order valence-corrected chi connectivity index (χ3v) is 5.97. The molecule has 0 aliphatic rings. The van der Waals surface area contributed by atoms with E-state index in [2.05, 4.69) is 29.4 Å². The Morgan fingerprint density at radius 2 is 1.75 bits per heavy atom. The molecule has 2 aromatic carbocycles. The summed E-state index contributed by atoms with van der Waals surface area (Å²) in [7, 11) is 0. The van der Waals surface area contributed by atoms with Gasteiger partial charge in [-0.3, -0.25) is 14.0 Å². The fraction of sp³-hybridized carbons (Fsp3) is 0.333. The van der Waals surface area contributed by atoms with Crippen LogP contribution in [0.25, 0.3) is 22.4 Å². The summed E-state index contributed by atoms with van der Waals surface area (Å²) in [6.45, 7) is 10.0. The van der Waals surface area contributed by atoms with Gasteiger partial charge in [-0.05, 0) is 50.5 Å². The normalized spacial score (nSPS) is 12.1. The smallest absolute Gasteiger partial charge is 0.267 e. The number of hydrogen-bond acceptors (Lipinski definition) is 5. The Bertz CT molecular complexity index is 1360. The van der Waals surface area contributed by atoms with Gasteiger partial charge in [0.25, 0.3) is 5.56 Å². The molecule has 1 amide bonds. The van der Waals surface area contributed by atoms with Crippen molar-refractivity contribution in [1.82, 2.24) is 24.5 Å². The van der Waals surface area contributed by atoms with Crippen molar-refractivity contribution in [2.75, 3.05) is 5.75 Å². The summed E-state index contributed by atoms with van der Waals surface area (Å²) < 4.78 is 3.49. The Balaban J connectivity index is 1.91. The molecule has 4 rings (SSSR count). The van der Waals surface area contributed by atoms with Gasteiger partial charge in [0.1, 0.15) is 0 Å². The molecule has 0 saturated carbocycles. The fourth-order valence-electron chi connectivity index (χ4n) is 3.75. The number of thioether (sulfide) groups is 1. The van der Waals surface area contributed by atoms with Crippen molar-refractivity contribution in [1.29, 1.82) is 0 Å². The maximum Gasteiger partial charge on any atom is 0.267 e. The number of carbonyl (C=O) groups is 1. The molecule has 0 fully saturated rings. The summed E-state index contributed by atoms with van der Waals surface area (Å²) in [6, 6.07) is 15.3.